The Kier molecular flexibility index (Phi) is 4.61. The van der Waals surface area contributed by atoms with Gasteiger partial charge in [-0.15, -0.1) is 11.3 Å². The van der Waals surface area contributed by atoms with Gasteiger partial charge in [-0.2, -0.15) is 0 Å². The zero-order chi connectivity index (χ0) is 14.7. The van der Waals surface area contributed by atoms with Crippen molar-refractivity contribution in [2.24, 2.45) is 0 Å². The second-order valence-corrected chi connectivity index (χ2v) is 6.44. The topological polar surface area (TPSA) is 71.2 Å². The molecule has 106 valence electrons. The second kappa shape index (κ2) is 6.23. The molecule has 2 rings (SSSR count). The van der Waals surface area contributed by atoms with E-state index in [0.29, 0.717) is 21.8 Å². The molecule has 0 aromatic carbocycles. The van der Waals surface area contributed by atoms with E-state index in [-0.39, 0.29) is 12.5 Å². The third-order valence-corrected chi connectivity index (χ3v) is 4.22. The molecule has 0 atom stereocenters. The molecule has 7 heteroatoms. The van der Waals surface area contributed by atoms with Crippen LogP contribution in [0.1, 0.15) is 32.6 Å². The number of esters is 1. The summed E-state index contributed by atoms with van der Waals surface area (Å²) in [5.41, 5.74) is 1.44. The fourth-order valence-corrected chi connectivity index (χ4v) is 2.99. The molecule has 0 saturated heterocycles. The number of ether oxygens (including phenoxy) is 1. The van der Waals surface area contributed by atoms with Gasteiger partial charge in [-0.1, -0.05) is 0 Å². The molecular weight excluding hydrogens is 344 g/mol. The summed E-state index contributed by atoms with van der Waals surface area (Å²) in [6.07, 6.45) is 1.59. The molecule has 2 aromatic rings. The molecule has 0 radical (unpaired) electrons. The molecular formula is C13H13BrN2O3S. The molecule has 0 aliphatic heterocycles. The Balaban J connectivity index is 2.22. The Morgan fingerprint density at radius 1 is 1.45 bits per heavy atom. The van der Waals surface area contributed by atoms with Crippen molar-refractivity contribution < 1.29 is 14.3 Å². The van der Waals surface area contributed by atoms with E-state index in [9.17, 15) is 9.59 Å². The van der Waals surface area contributed by atoms with Crippen LogP contribution in [0.25, 0.3) is 0 Å². The second-order valence-electron chi connectivity index (χ2n) is 3.98. The summed E-state index contributed by atoms with van der Waals surface area (Å²) in [6.45, 7) is 3.78. The maximum Gasteiger partial charge on any atom is 0.342 e. The number of nitrogens with one attached hydrogen (secondary N) is 2. The number of carbonyl (C=O) groups is 2. The van der Waals surface area contributed by atoms with E-state index in [4.69, 9.17) is 4.74 Å². The van der Waals surface area contributed by atoms with Gasteiger partial charge in [-0.3, -0.25) is 4.79 Å². The van der Waals surface area contributed by atoms with Crippen LogP contribution < -0.4 is 5.32 Å². The lowest BCUT2D eigenvalue weighted by atomic mass is 10.2. The minimum absolute atomic E-state index is 0.259. The van der Waals surface area contributed by atoms with E-state index in [1.54, 1.807) is 32.2 Å². The lowest BCUT2D eigenvalue weighted by molar-refractivity contribution is 0.0527. The Morgan fingerprint density at radius 3 is 2.80 bits per heavy atom. The molecule has 2 aromatic heterocycles. The number of hydrogen-bond acceptors (Lipinski definition) is 4. The standard InChI is InChI=1S/C13H13BrN2O3S/c1-3-19-13(18)11-7(2)15-6-8(11)16-12(17)9-4-5-10(14)20-9/h4-6,15H,3H2,1-2H3,(H,16,17). The number of thiophene rings is 1. The number of aromatic amines is 1. The molecule has 0 saturated carbocycles. The van der Waals surface area contributed by atoms with Crippen molar-refractivity contribution in [3.63, 3.8) is 0 Å². The fourth-order valence-electron chi connectivity index (χ4n) is 1.71. The van der Waals surface area contributed by atoms with Crippen molar-refractivity contribution in [3.8, 4) is 0 Å². The number of halogens is 1. The molecule has 0 bridgehead atoms. The molecule has 0 aliphatic carbocycles. The van der Waals surface area contributed by atoms with Crippen LogP contribution in [0.2, 0.25) is 0 Å². The first-order chi connectivity index (χ1) is 9.52. The van der Waals surface area contributed by atoms with E-state index in [1.165, 1.54) is 11.3 Å². The van der Waals surface area contributed by atoms with Gasteiger partial charge in [0.1, 0.15) is 5.56 Å². The molecule has 20 heavy (non-hydrogen) atoms. The van der Waals surface area contributed by atoms with Gasteiger partial charge in [0.05, 0.1) is 21.0 Å². The number of amides is 1. The van der Waals surface area contributed by atoms with Crippen molar-refractivity contribution in [3.05, 3.63) is 38.3 Å². The fraction of sp³-hybridized carbons (Fsp3) is 0.231. The molecule has 1 amide bonds. The zero-order valence-electron chi connectivity index (χ0n) is 11.0. The predicted molar refractivity (Wildman–Crippen MR) is 81.5 cm³/mol. The highest BCUT2D eigenvalue weighted by Crippen LogP contribution is 2.25. The molecule has 0 spiro atoms. The monoisotopic (exact) mass is 356 g/mol. The molecule has 0 fully saturated rings. The average molecular weight is 357 g/mol. The number of carbonyl (C=O) groups excluding carboxylic acids is 2. The summed E-state index contributed by atoms with van der Waals surface area (Å²) in [7, 11) is 0. The van der Waals surface area contributed by atoms with Crippen LogP contribution in [0.15, 0.2) is 22.1 Å². The summed E-state index contributed by atoms with van der Waals surface area (Å²) in [6, 6.07) is 3.52. The van der Waals surface area contributed by atoms with E-state index < -0.39 is 5.97 Å². The smallest absolute Gasteiger partial charge is 0.342 e. The highest BCUT2D eigenvalue weighted by molar-refractivity contribution is 9.11. The van der Waals surface area contributed by atoms with E-state index >= 15 is 0 Å². The highest BCUT2D eigenvalue weighted by atomic mass is 79.9. The summed E-state index contributed by atoms with van der Waals surface area (Å²) >= 11 is 4.63. The predicted octanol–water partition coefficient (Wildman–Crippen LogP) is 3.58. The van der Waals surface area contributed by atoms with E-state index in [1.807, 2.05) is 0 Å². The van der Waals surface area contributed by atoms with Crippen LogP contribution in [0.3, 0.4) is 0 Å². The molecule has 2 heterocycles. The number of rotatable bonds is 4. The quantitative estimate of drug-likeness (QED) is 0.822. The van der Waals surface area contributed by atoms with Crippen LogP contribution in [-0.2, 0) is 4.74 Å². The number of aryl methyl sites for hydroxylation is 1. The summed E-state index contributed by atoms with van der Waals surface area (Å²) in [5.74, 6) is -0.709. The van der Waals surface area contributed by atoms with Gasteiger partial charge in [-0.05, 0) is 41.9 Å². The molecule has 2 N–H and O–H groups in total. The molecule has 0 aliphatic rings. The normalized spacial score (nSPS) is 10.3. The number of anilines is 1. The van der Waals surface area contributed by atoms with Crippen molar-refractivity contribution in [1.29, 1.82) is 0 Å². The lowest BCUT2D eigenvalue weighted by Gasteiger charge is -2.06. The average Bonchev–Trinajstić information content (AvgIpc) is 2.96. The summed E-state index contributed by atoms with van der Waals surface area (Å²) < 4.78 is 5.86. The number of aromatic nitrogens is 1. The third kappa shape index (κ3) is 3.10. The summed E-state index contributed by atoms with van der Waals surface area (Å²) in [4.78, 5) is 27.4. The van der Waals surface area contributed by atoms with Gasteiger partial charge in [-0.25, -0.2) is 4.79 Å². The minimum atomic E-state index is -0.450. The molecule has 5 nitrogen and oxygen atoms in total. The van der Waals surface area contributed by atoms with Gasteiger partial charge in [0, 0.05) is 11.9 Å². The Hall–Kier alpha value is -1.60. The lowest BCUT2D eigenvalue weighted by Crippen LogP contribution is -2.14. The highest BCUT2D eigenvalue weighted by Gasteiger charge is 2.20. The largest absolute Gasteiger partial charge is 0.462 e. The van der Waals surface area contributed by atoms with Crippen molar-refractivity contribution >= 4 is 44.8 Å². The van der Waals surface area contributed by atoms with Crippen molar-refractivity contribution in [1.82, 2.24) is 4.98 Å². The Morgan fingerprint density at radius 2 is 2.20 bits per heavy atom. The van der Waals surface area contributed by atoms with Crippen LogP contribution in [-0.4, -0.2) is 23.5 Å². The first kappa shape index (κ1) is 14.8. The first-order valence-corrected chi connectivity index (χ1v) is 7.55. The van der Waals surface area contributed by atoms with Crippen LogP contribution in [0, 0.1) is 6.92 Å². The van der Waals surface area contributed by atoms with Gasteiger partial charge in [0.15, 0.2) is 0 Å². The SMILES string of the molecule is CCOC(=O)c1c(NC(=O)c2ccc(Br)s2)c[nH]c1C. The minimum Gasteiger partial charge on any atom is -0.462 e. The molecule has 0 unspecified atom stereocenters. The van der Waals surface area contributed by atoms with E-state index in [2.05, 4.69) is 26.2 Å². The van der Waals surface area contributed by atoms with Gasteiger partial charge >= 0.3 is 5.97 Å². The van der Waals surface area contributed by atoms with Gasteiger partial charge in [0.25, 0.3) is 5.91 Å². The van der Waals surface area contributed by atoms with Crippen LogP contribution in [0.4, 0.5) is 5.69 Å². The van der Waals surface area contributed by atoms with Crippen LogP contribution in [0.5, 0.6) is 0 Å². The Bertz CT molecular complexity index is 648. The first-order valence-electron chi connectivity index (χ1n) is 5.94. The van der Waals surface area contributed by atoms with Crippen molar-refractivity contribution in [2.75, 3.05) is 11.9 Å². The van der Waals surface area contributed by atoms with E-state index in [0.717, 1.165) is 3.79 Å². The van der Waals surface area contributed by atoms with Gasteiger partial charge in [0.2, 0.25) is 0 Å². The third-order valence-electron chi connectivity index (χ3n) is 2.60. The Labute approximate surface area is 128 Å². The number of H-pyrrole nitrogens is 1. The summed E-state index contributed by atoms with van der Waals surface area (Å²) in [5, 5.41) is 2.72. The maximum absolute atomic E-state index is 12.1. The van der Waals surface area contributed by atoms with Crippen LogP contribution >= 0.6 is 27.3 Å². The zero-order valence-corrected chi connectivity index (χ0v) is 13.4. The number of hydrogen-bond donors (Lipinski definition) is 2. The van der Waals surface area contributed by atoms with Crippen molar-refractivity contribution in [2.45, 2.75) is 13.8 Å². The van der Waals surface area contributed by atoms with Gasteiger partial charge < -0.3 is 15.0 Å². The maximum atomic E-state index is 12.1.